The number of nitrogens with one attached hydrogen (secondary N) is 1. The minimum Gasteiger partial charge on any atom is -0.338 e. The molecule has 3 fully saturated rings. The van der Waals surface area contributed by atoms with Crippen LogP contribution in [-0.2, 0) is 4.79 Å². The Morgan fingerprint density at radius 2 is 1.86 bits per heavy atom. The van der Waals surface area contributed by atoms with Crippen LogP contribution in [0.5, 0.6) is 0 Å². The van der Waals surface area contributed by atoms with Gasteiger partial charge < -0.3 is 10.2 Å². The number of hydrogen-bond donors (Lipinski definition) is 1. The molecule has 3 atom stereocenters. The maximum atomic E-state index is 12.9. The van der Waals surface area contributed by atoms with E-state index in [1.807, 2.05) is 0 Å². The first-order valence-electron chi connectivity index (χ1n) is 9.21. The smallest absolute Gasteiger partial charge is 0.239 e. The zero-order valence-electron chi connectivity index (χ0n) is 13.8. The van der Waals surface area contributed by atoms with Gasteiger partial charge in [-0.15, -0.1) is 0 Å². The number of rotatable bonds is 5. The molecule has 3 heteroatoms. The first-order valence-corrected chi connectivity index (χ1v) is 9.21. The molecule has 0 aromatic rings. The summed E-state index contributed by atoms with van der Waals surface area (Å²) in [5.41, 5.74) is 0. The topological polar surface area (TPSA) is 32.3 Å². The van der Waals surface area contributed by atoms with E-state index in [1.54, 1.807) is 0 Å². The quantitative estimate of drug-likeness (QED) is 0.843. The maximum Gasteiger partial charge on any atom is 0.239 e. The van der Waals surface area contributed by atoms with E-state index in [1.165, 1.54) is 44.9 Å². The van der Waals surface area contributed by atoms with Gasteiger partial charge in [-0.05, 0) is 56.8 Å². The molecule has 0 aromatic carbocycles. The summed E-state index contributed by atoms with van der Waals surface area (Å²) in [7, 11) is 0. The van der Waals surface area contributed by atoms with E-state index in [0.29, 0.717) is 23.9 Å². The van der Waals surface area contributed by atoms with Gasteiger partial charge in [0.15, 0.2) is 0 Å². The SMILES string of the molecule is CC(C)CCN(C(=O)C1CCC2CCCCC2N1)C1CC1. The van der Waals surface area contributed by atoms with E-state index >= 15 is 0 Å². The van der Waals surface area contributed by atoms with E-state index in [4.69, 9.17) is 0 Å². The van der Waals surface area contributed by atoms with Crippen LogP contribution in [0.1, 0.15) is 71.6 Å². The number of carbonyl (C=O) groups excluding carboxylic acids is 1. The van der Waals surface area contributed by atoms with Crippen LogP contribution in [0.3, 0.4) is 0 Å². The zero-order valence-corrected chi connectivity index (χ0v) is 13.8. The first kappa shape index (κ1) is 15.3. The van der Waals surface area contributed by atoms with E-state index < -0.39 is 0 Å². The van der Waals surface area contributed by atoms with Crippen LogP contribution in [0.25, 0.3) is 0 Å². The first-order chi connectivity index (χ1) is 10.1. The molecular formula is C18H32N2O. The summed E-state index contributed by atoms with van der Waals surface area (Å²) < 4.78 is 0. The molecule has 1 heterocycles. The fourth-order valence-corrected chi connectivity index (χ4v) is 4.15. The van der Waals surface area contributed by atoms with Gasteiger partial charge in [-0.1, -0.05) is 26.7 Å². The molecule has 0 bridgehead atoms. The third-order valence-electron chi connectivity index (χ3n) is 5.67. The van der Waals surface area contributed by atoms with Crippen LogP contribution in [-0.4, -0.2) is 35.5 Å². The number of carbonyl (C=O) groups is 1. The van der Waals surface area contributed by atoms with E-state index in [0.717, 1.165) is 25.3 Å². The standard InChI is InChI=1S/C18H32N2O/c1-13(2)11-12-20(15-8-9-15)18(21)17-10-7-14-5-3-4-6-16(14)19-17/h13-17,19H,3-12H2,1-2H3. The molecule has 0 aromatic heterocycles. The monoisotopic (exact) mass is 292 g/mol. The lowest BCUT2D eigenvalue weighted by Gasteiger charge is -2.41. The molecular weight excluding hydrogens is 260 g/mol. The summed E-state index contributed by atoms with van der Waals surface area (Å²) in [6.45, 7) is 5.47. The van der Waals surface area contributed by atoms with E-state index in [-0.39, 0.29) is 6.04 Å². The summed E-state index contributed by atoms with van der Waals surface area (Å²) >= 11 is 0. The Bertz CT molecular complexity index is 364. The molecule has 3 aliphatic rings. The average molecular weight is 292 g/mol. The van der Waals surface area contributed by atoms with Gasteiger partial charge in [0.05, 0.1) is 6.04 Å². The Morgan fingerprint density at radius 3 is 2.57 bits per heavy atom. The van der Waals surface area contributed by atoms with Crippen molar-refractivity contribution in [3.05, 3.63) is 0 Å². The molecule has 2 aliphatic carbocycles. The second-order valence-corrected chi connectivity index (χ2v) is 7.89. The second-order valence-electron chi connectivity index (χ2n) is 7.89. The summed E-state index contributed by atoms with van der Waals surface area (Å²) in [5.74, 6) is 1.93. The van der Waals surface area contributed by atoms with Crippen molar-refractivity contribution in [2.75, 3.05) is 6.54 Å². The van der Waals surface area contributed by atoms with Crippen molar-refractivity contribution >= 4 is 5.91 Å². The van der Waals surface area contributed by atoms with Crippen molar-refractivity contribution in [3.63, 3.8) is 0 Å². The molecule has 1 aliphatic heterocycles. The van der Waals surface area contributed by atoms with Crippen LogP contribution in [0.15, 0.2) is 0 Å². The largest absolute Gasteiger partial charge is 0.338 e. The van der Waals surface area contributed by atoms with Crippen molar-refractivity contribution in [2.24, 2.45) is 11.8 Å². The molecule has 3 nitrogen and oxygen atoms in total. The van der Waals surface area contributed by atoms with Gasteiger partial charge in [-0.2, -0.15) is 0 Å². The normalized spacial score (nSPS) is 32.8. The van der Waals surface area contributed by atoms with Crippen LogP contribution in [0, 0.1) is 11.8 Å². The molecule has 1 amide bonds. The summed E-state index contributed by atoms with van der Waals surface area (Å²) in [5, 5.41) is 3.71. The maximum absolute atomic E-state index is 12.9. The number of hydrogen-bond acceptors (Lipinski definition) is 2. The lowest BCUT2D eigenvalue weighted by Crippen LogP contribution is -2.56. The highest BCUT2D eigenvalue weighted by Crippen LogP contribution is 2.34. The fraction of sp³-hybridized carbons (Fsp3) is 0.944. The Kier molecular flexibility index (Phi) is 4.88. The average Bonchev–Trinajstić information content (AvgIpc) is 3.31. The lowest BCUT2D eigenvalue weighted by atomic mass is 9.77. The van der Waals surface area contributed by atoms with Crippen molar-refractivity contribution in [1.82, 2.24) is 10.2 Å². The van der Waals surface area contributed by atoms with E-state index in [2.05, 4.69) is 24.1 Å². The fourth-order valence-electron chi connectivity index (χ4n) is 4.15. The third-order valence-corrected chi connectivity index (χ3v) is 5.67. The van der Waals surface area contributed by atoms with Crippen molar-refractivity contribution < 1.29 is 4.79 Å². The summed E-state index contributed by atoms with van der Waals surface area (Å²) in [6, 6.07) is 1.28. The molecule has 3 rings (SSSR count). The number of fused-ring (bicyclic) bond motifs is 1. The molecule has 2 saturated carbocycles. The van der Waals surface area contributed by atoms with Gasteiger partial charge >= 0.3 is 0 Å². The molecule has 1 N–H and O–H groups in total. The highest BCUT2D eigenvalue weighted by molar-refractivity contribution is 5.82. The molecule has 1 saturated heterocycles. The zero-order chi connectivity index (χ0) is 14.8. The Balaban J connectivity index is 1.57. The van der Waals surface area contributed by atoms with Crippen LogP contribution >= 0.6 is 0 Å². The Labute approximate surface area is 129 Å². The summed E-state index contributed by atoms with van der Waals surface area (Å²) in [4.78, 5) is 15.1. The number of nitrogens with zero attached hydrogens (tertiary/aromatic N) is 1. The van der Waals surface area contributed by atoms with Crippen molar-refractivity contribution in [2.45, 2.75) is 89.8 Å². The van der Waals surface area contributed by atoms with E-state index in [9.17, 15) is 4.79 Å². The van der Waals surface area contributed by atoms with Crippen LogP contribution in [0.4, 0.5) is 0 Å². The van der Waals surface area contributed by atoms with Gasteiger partial charge in [0.2, 0.25) is 5.91 Å². The van der Waals surface area contributed by atoms with Gasteiger partial charge in [-0.25, -0.2) is 0 Å². The Morgan fingerprint density at radius 1 is 1.10 bits per heavy atom. The molecule has 0 radical (unpaired) electrons. The number of piperidine rings is 1. The van der Waals surface area contributed by atoms with Crippen LogP contribution in [0.2, 0.25) is 0 Å². The van der Waals surface area contributed by atoms with Crippen LogP contribution < -0.4 is 5.32 Å². The highest BCUT2D eigenvalue weighted by atomic mass is 16.2. The predicted octanol–water partition coefficient (Wildman–Crippen LogP) is 3.33. The van der Waals surface area contributed by atoms with Gasteiger partial charge in [0.25, 0.3) is 0 Å². The van der Waals surface area contributed by atoms with Gasteiger partial charge in [0, 0.05) is 18.6 Å². The lowest BCUT2D eigenvalue weighted by molar-refractivity contribution is -0.135. The Hall–Kier alpha value is -0.570. The minimum atomic E-state index is 0.108. The molecule has 0 spiro atoms. The summed E-state index contributed by atoms with van der Waals surface area (Å²) in [6.07, 6.45) is 11.3. The van der Waals surface area contributed by atoms with Gasteiger partial charge in [0.1, 0.15) is 0 Å². The highest BCUT2D eigenvalue weighted by Gasteiger charge is 2.39. The molecule has 21 heavy (non-hydrogen) atoms. The molecule has 120 valence electrons. The van der Waals surface area contributed by atoms with Gasteiger partial charge in [-0.3, -0.25) is 4.79 Å². The van der Waals surface area contributed by atoms with Crippen molar-refractivity contribution in [3.8, 4) is 0 Å². The third kappa shape index (κ3) is 3.80. The van der Waals surface area contributed by atoms with Crippen molar-refractivity contribution in [1.29, 1.82) is 0 Å². The molecule has 3 unspecified atom stereocenters. The second kappa shape index (κ2) is 6.68. The minimum absolute atomic E-state index is 0.108. The number of amides is 1. The predicted molar refractivity (Wildman–Crippen MR) is 86.1 cm³/mol.